The van der Waals surface area contributed by atoms with Gasteiger partial charge in [0, 0.05) is 30.0 Å². The van der Waals surface area contributed by atoms with Gasteiger partial charge in [-0.25, -0.2) is 4.79 Å². The van der Waals surface area contributed by atoms with Crippen LogP contribution in [0.4, 0.5) is 0 Å². The Labute approximate surface area is 103 Å². The van der Waals surface area contributed by atoms with Crippen molar-refractivity contribution in [2.24, 2.45) is 0 Å². The maximum Gasteiger partial charge on any atom is 0.339 e. The van der Waals surface area contributed by atoms with Gasteiger partial charge in [0.05, 0.1) is 7.11 Å². The van der Waals surface area contributed by atoms with Crippen molar-refractivity contribution in [3.63, 3.8) is 0 Å². The molecule has 0 amide bonds. The molecule has 2 rings (SSSR count). The molecular weight excluding hydrogens is 236 g/mol. The van der Waals surface area contributed by atoms with Crippen molar-refractivity contribution >= 4 is 11.0 Å². The summed E-state index contributed by atoms with van der Waals surface area (Å²) >= 11 is 0. The third-order valence-corrected chi connectivity index (χ3v) is 2.95. The third kappa shape index (κ3) is 1.93. The van der Waals surface area contributed by atoms with Crippen LogP contribution < -0.4 is 10.4 Å². The maximum atomic E-state index is 11.7. The molecule has 0 atom stereocenters. The van der Waals surface area contributed by atoms with Crippen molar-refractivity contribution in [2.45, 2.75) is 13.3 Å². The zero-order chi connectivity index (χ0) is 13.3. The average Bonchev–Trinajstić information content (AvgIpc) is 2.35. The normalized spacial score (nSPS) is 10.8. The zero-order valence-electron chi connectivity index (χ0n) is 10.2. The van der Waals surface area contributed by atoms with Gasteiger partial charge in [-0.3, -0.25) is 0 Å². The van der Waals surface area contributed by atoms with Gasteiger partial charge in [-0.05, 0) is 18.6 Å². The Hall–Kier alpha value is -2.01. The number of aliphatic hydroxyl groups is 1. The van der Waals surface area contributed by atoms with E-state index < -0.39 is 5.63 Å². The van der Waals surface area contributed by atoms with Crippen LogP contribution in [0.2, 0.25) is 0 Å². The van der Waals surface area contributed by atoms with Gasteiger partial charge in [-0.2, -0.15) is 0 Å². The van der Waals surface area contributed by atoms with Crippen molar-refractivity contribution in [3.05, 3.63) is 33.7 Å². The fraction of sp³-hybridized carbons (Fsp3) is 0.308. The van der Waals surface area contributed by atoms with Crippen LogP contribution in [-0.4, -0.2) is 23.9 Å². The molecule has 5 heteroatoms. The Morgan fingerprint density at radius 3 is 2.72 bits per heavy atom. The summed E-state index contributed by atoms with van der Waals surface area (Å²) in [6.07, 6.45) is 0.233. The lowest BCUT2D eigenvalue weighted by Crippen LogP contribution is -2.11. The maximum absolute atomic E-state index is 11.7. The highest BCUT2D eigenvalue weighted by atomic mass is 16.5. The van der Waals surface area contributed by atoms with Gasteiger partial charge < -0.3 is 19.4 Å². The highest BCUT2D eigenvalue weighted by Crippen LogP contribution is 2.32. The van der Waals surface area contributed by atoms with E-state index >= 15 is 0 Å². The molecule has 0 saturated carbocycles. The SMILES string of the molecule is COc1cc2oc(=O)c(CCO)c(C)c2cc1O. The standard InChI is InChI=1S/C13H14O5/c1-7-8(3-4-14)13(16)18-11-6-12(17-2)10(15)5-9(7)11/h5-6,14-15H,3-4H2,1-2H3. The Morgan fingerprint density at radius 2 is 2.11 bits per heavy atom. The van der Waals surface area contributed by atoms with E-state index in [0.29, 0.717) is 22.1 Å². The second-order valence-electron chi connectivity index (χ2n) is 3.99. The van der Waals surface area contributed by atoms with E-state index in [1.807, 2.05) is 0 Å². The number of phenols is 1. The lowest BCUT2D eigenvalue weighted by molar-refractivity contribution is 0.297. The Bertz CT molecular complexity index is 642. The smallest absolute Gasteiger partial charge is 0.339 e. The van der Waals surface area contributed by atoms with E-state index in [2.05, 4.69) is 0 Å². The second kappa shape index (κ2) is 4.70. The Kier molecular flexibility index (Phi) is 3.25. The van der Waals surface area contributed by atoms with E-state index in [-0.39, 0.29) is 24.5 Å². The van der Waals surface area contributed by atoms with Crippen LogP contribution in [0.3, 0.4) is 0 Å². The molecule has 1 aromatic heterocycles. The summed E-state index contributed by atoms with van der Waals surface area (Å²) in [5, 5.41) is 19.3. The van der Waals surface area contributed by atoms with Gasteiger partial charge in [0.1, 0.15) is 5.58 Å². The van der Waals surface area contributed by atoms with Gasteiger partial charge in [0.25, 0.3) is 0 Å². The first-order valence-corrected chi connectivity index (χ1v) is 5.52. The second-order valence-corrected chi connectivity index (χ2v) is 3.99. The predicted octanol–water partition coefficient (Wildman–Crippen LogP) is 1.35. The molecule has 1 aromatic carbocycles. The quantitative estimate of drug-likeness (QED) is 0.804. The van der Waals surface area contributed by atoms with Crippen LogP contribution in [0.25, 0.3) is 11.0 Å². The van der Waals surface area contributed by atoms with E-state index in [4.69, 9.17) is 14.3 Å². The molecule has 0 aliphatic heterocycles. The van der Waals surface area contributed by atoms with Crippen LogP contribution in [0, 0.1) is 6.92 Å². The van der Waals surface area contributed by atoms with Crippen LogP contribution in [0.1, 0.15) is 11.1 Å². The highest BCUT2D eigenvalue weighted by Gasteiger charge is 2.13. The molecule has 0 saturated heterocycles. The summed E-state index contributed by atoms with van der Waals surface area (Å²) in [5.41, 5.74) is 1.01. The summed E-state index contributed by atoms with van der Waals surface area (Å²) < 4.78 is 10.1. The molecule has 0 aliphatic rings. The molecule has 0 spiro atoms. The molecule has 5 nitrogen and oxygen atoms in total. The molecule has 0 fully saturated rings. The molecule has 1 heterocycles. The number of hydrogen-bond acceptors (Lipinski definition) is 5. The van der Waals surface area contributed by atoms with Gasteiger partial charge in [0.2, 0.25) is 0 Å². The molecule has 0 bridgehead atoms. The number of fused-ring (bicyclic) bond motifs is 1. The molecule has 0 radical (unpaired) electrons. The molecule has 96 valence electrons. The fourth-order valence-corrected chi connectivity index (χ4v) is 1.97. The number of benzene rings is 1. The first-order chi connectivity index (χ1) is 8.58. The van der Waals surface area contributed by atoms with E-state index in [0.717, 1.165) is 0 Å². The number of aromatic hydroxyl groups is 1. The number of aryl methyl sites for hydroxylation is 1. The molecular formula is C13H14O5. The largest absolute Gasteiger partial charge is 0.504 e. The highest BCUT2D eigenvalue weighted by molar-refractivity contribution is 5.84. The molecule has 0 unspecified atom stereocenters. The first-order valence-electron chi connectivity index (χ1n) is 5.52. The third-order valence-electron chi connectivity index (χ3n) is 2.95. The van der Waals surface area contributed by atoms with E-state index in [9.17, 15) is 9.90 Å². The number of aliphatic hydroxyl groups excluding tert-OH is 1. The minimum absolute atomic E-state index is 0.0168. The summed E-state index contributed by atoms with van der Waals surface area (Å²) in [6.45, 7) is 1.63. The average molecular weight is 250 g/mol. The van der Waals surface area contributed by atoms with Crippen molar-refractivity contribution in [1.29, 1.82) is 0 Å². The number of ether oxygens (including phenoxy) is 1. The van der Waals surface area contributed by atoms with Gasteiger partial charge >= 0.3 is 5.63 Å². The predicted molar refractivity (Wildman–Crippen MR) is 66.2 cm³/mol. The minimum Gasteiger partial charge on any atom is -0.504 e. The molecule has 2 aromatic rings. The number of hydrogen-bond donors (Lipinski definition) is 2. The van der Waals surface area contributed by atoms with Crippen LogP contribution in [0.15, 0.2) is 21.3 Å². The molecule has 18 heavy (non-hydrogen) atoms. The van der Waals surface area contributed by atoms with Gasteiger partial charge in [-0.15, -0.1) is 0 Å². The Balaban J connectivity index is 2.78. The number of phenolic OH excluding ortho intramolecular Hbond substituents is 1. The summed E-state index contributed by atoms with van der Waals surface area (Å²) in [6, 6.07) is 2.97. The topological polar surface area (TPSA) is 79.9 Å². The van der Waals surface area contributed by atoms with Crippen molar-refractivity contribution < 1.29 is 19.4 Å². The van der Waals surface area contributed by atoms with Gasteiger partial charge in [0.15, 0.2) is 11.5 Å². The Morgan fingerprint density at radius 1 is 1.39 bits per heavy atom. The van der Waals surface area contributed by atoms with Crippen molar-refractivity contribution in [1.82, 2.24) is 0 Å². The van der Waals surface area contributed by atoms with Crippen molar-refractivity contribution in [3.8, 4) is 11.5 Å². The number of methoxy groups -OCH3 is 1. The zero-order valence-corrected chi connectivity index (χ0v) is 10.2. The summed E-state index contributed by atoms with van der Waals surface area (Å²) in [7, 11) is 1.42. The van der Waals surface area contributed by atoms with E-state index in [1.54, 1.807) is 6.92 Å². The number of rotatable bonds is 3. The lowest BCUT2D eigenvalue weighted by atomic mass is 10.0. The monoisotopic (exact) mass is 250 g/mol. The van der Waals surface area contributed by atoms with Crippen LogP contribution in [0.5, 0.6) is 11.5 Å². The molecule has 2 N–H and O–H groups in total. The minimum atomic E-state index is -0.471. The van der Waals surface area contributed by atoms with Crippen molar-refractivity contribution in [2.75, 3.05) is 13.7 Å². The lowest BCUT2D eigenvalue weighted by Gasteiger charge is -2.09. The summed E-state index contributed by atoms with van der Waals surface area (Å²) in [4.78, 5) is 11.7. The summed E-state index contributed by atoms with van der Waals surface area (Å²) in [5.74, 6) is 0.233. The molecule has 0 aliphatic carbocycles. The van der Waals surface area contributed by atoms with E-state index in [1.165, 1.54) is 19.2 Å². The van der Waals surface area contributed by atoms with Crippen LogP contribution in [-0.2, 0) is 6.42 Å². The first kappa shape index (κ1) is 12.4. The van der Waals surface area contributed by atoms with Crippen LogP contribution >= 0.6 is 0 Å². The van der Waals surface area contributed by atoms with Gasteiger partial charge in [-0.1, -0.05) is 0 Å². The fourth-order valence-electron chi connectivity index (χ4n) is 1.97.